The topological polar surface area (TPSA) is 68.0 Å². The lowest BCUT2D eigenvalue weighted by molar-refractivity contribution is 0.102. The van der Waals surface area contributed by atoms with Gasteiger partial charge in [-0.15, -0.1) is 0 Å². The maximum atomic E-state index is 11.8. The number of nitrogens with two attached hydrogens (primary N) is 1. The molecule has 1 aromatic heterocycles. The first-order valence-corrected chi connectivity index (χ1v) is 5.69. The van der Waals surface area contributed by atoms with Gasteiger partial charge in [-0.3, -0.25) is 9.78 Å². The lowest BCUT2D eigenvalue weighted by Gasteiger charge is -2.05. The Morgan fingerprint density at radius 1 is 1.06 bits per heavy atom. The van der Waals surface area contributed by atoms with Crippen LogP contribution in [0.2, 0.25) is 0 Å². The summed E-state index contributed by atoms with van der Waals surface area (Å²) in [5.74, 6) is -0.180. The number of pyridine rings is 1. The quantitative estimate of drug-likeness (QED) is 0.825. The molecule has 0 aliphatic carbocycles. The summed E-state index contributed by atoms with van der Waals surface area (Å²) in [6.07, 6.45) is 3.15. The van der Waals surface area contributed by atoms with Crippen LogP contribution in [0.15, 0.2) is 48.8 Å². The smallest absolute Gasteiger partial charge is 0.255 e. The molecule has 3 N–H and O–H groups in total. The van der Waals surface area contributed by atoms with Gasteiger partial charge in [-0.25, -0.2) is 0 Å². The highest BCUT2D eigenvalue weighted by atomic mass is 32.1. The number of thiocarbonyl (C=S) groups is 1. The molecule has 0 radical (unpaired) electrons. The Kier molecular flexibility index (Phi) is 3.64. The summed E-state index contributed by atoms with van der Waals surface area (Å²) in [4.78, 5) is 16.0. The summed E-state index contributed by atoms with van der Waals surface area (Å²) < 4.78 is 0. The van der Waals surface area contributed by atoms with E-state index in [2.05, 4.69) is 10.3 Å². The van der Waals surface area contributed by atoms with Crippen LogP contribution in [0.5, 0.6) is 0 Å². The van der Waals surface area contributed by atoms with Crippen LogP contribution < -0.4 is 11.1 Å². The molecule has 18 heavy (non-hydrogen) atoms. The van der Waals surface area contributed by atoms with Gasteiger partial charge in [-0.05, 0) is 36.4 Å². The summed E-state index contributed by atoms with van der Waals surface area (Å²) in [7, 11) is 0. The third-order valence-corrected chi connectivity index (χ3v) is 2.61. The zero-order valence-corrected chi connectivity index (χ0v) is 10.3. The minimum absolute atomic E-state index is 0.180. The molecule has 90 valence electrons. The lowest BCUT2D eigenvalue weighted by atomic mass is 10.2. The van der Waals surface area contributed by atoms with Crippen LogP contribution in [0.1, 0.15) is 15.9 Å². The maximum absolute atomic E-state index is 11.8. The molecule has 4 nitrogen and oxygen atoms in total. The van der Waals surface area contributed by atoms with Crippen LogP contribution in [0.4, 0.5) is 5.69 Å². The van der Waals surface area contributed by atoms with Crippen molar-refractivity contribution >= 4 is 28.8 Å². The number of benzene rings is 1. The maximum Gasteiger partial charge on any atom is 0.255 e. The van der Waals surface area contributed by atoms with E-state index >= 15 is 0 Å². The summed E-state index contributed by atoms with van der Waals surface area (Å²) in [6, 6.07) is 10.4. The highest BCUT2D eigenvalue weighted by molar-refractivity contribution is 7.80. The monoisotopic (exact) mass is 257 g/mol. The predicted octanol–water partition coefficient (Wildman–Crippen LogP) is 1.97. The third kappa shape index (κ3) is 2.89. The van der Waals surface area contributed by atoms with Gasteiger partial charge in [0.25, 0.3) is 5.91 Å². The highest BCUT2D eigenvalue weighted by Gasteiger charge is 2.05. The van der Waals surface area contributed by atoms with Gasteiger partial charge in [0, 0.05) is 29.2 Å². The fourth-order valence-corrected chi connectivity index (χ4v) is 1.56. The molecule has 0 unspecified atom stereocenters. The SMILES string of the molecule is NC(=S)c1ccc(NC(=O)c2ccncc2)cc1. The van der Waals surface area contributed by atoms with Gasteiger partial charge >= 0.3 is 0 Å². The van der Waals surface area contributed by atoms with Gasteiger partial charge in [-0.2, -0.15) is 0 Å². The van der Waals surface area contributed by atoms with Crippen molar-refractivity contribution in [1.82, 2.24) is 4.98 Å². The van der Waals surface area contributed by atoms with Crippen LogP contribution in [0, 0.1) is 0 Å². The zero-order valence-electron chi connectivity index (χ0n) is 9.46. The van der Waals surface area contributed by atoms with Crippen molar-refractivity contribution < 1.29 is 4.79 Å². The molecule has 0 spiro atoms. The van der Waals surface area contributed by atoms with Gasteiger partial charge in [0.05, 0.1) is 0 Å². The molecule has 0 saturated carbocycles. The first kappa shape index (κ1) is 12.2. The minimum Gasteiger partial charge on any atom is -0.389 e. The number of hydrogen-bond donors (Lipinski definition) is 2. The third-order valence-electron chi connectivity index (χ3n) is 2.37. The number of hydrogen-bond acceptors (Lipinski definition) is 3. The van der Waals surface area contributed by atoms with E-state index in [0.29, 0.717) is 16.2 Å². The van der Waals surface area contributed by atoms with Crippen LogP contribution in [-0.4, -0.2) is 15.9 Å². The van der Waals surface area contributed by atoms with Gasteiger partial charge < -0.3 is 11.1 Å². The van der Waals surface area contributed by atoms with E-state index in [1.54, 1.807) is 48.8 Å². The Bertz CT molecular complexity index is 567. The van der Waals surface area contributed by atoms with Crippen molar-refractivity contribution in [3.05, 3.63) is 59.9 Å². The second kappa shape index (κ2) is 5.37. The normalized spacial score (nSPS) is 9.78. The van der Waals surface area contributed by atoms with E-state index < -0.39 is 0 Å². The number of nitrogens with one attached hydrogen (secondary N) is 1. The molecular formula is C13H11N3OS. The number of aromatic nitrogens is 1. The summed E-state index contributed by atoms with van der Waals surface area (Å²) in [5, 5.41) is 2.77. The standard InChI is InChI=1S/C13H11N3OS/c14-12(18)9-1-3-11(4-2-9)16-13(17)10-5-7-15-8-6-10/h1-8H,(H2,14,18)(H,16,17). The van der Waals surface area contributed by atoms with E-state index in [-0.39, 0.29) is 5.91 Å². The Balaban J connectivity index is 2.10. The summed E-state index contributed by atoms with van der Waals surface area (Å²) >= 11 is 4.85. The summed E-state index contributed by atoms with van der Waals surface area (Å²) in [6.45, 7) is 0. The van der Waals surface area contributed by atoms with Crippen molar-refractivity contribution in [1.29, 1.82) is 0 Å². The molecule has 0 aliphatic heterocycles. The highest BCUT2D eigenvalue weighted by Crippen LogP contribution is 2.11. The molecule has 5 heteroatoms. The van der Waals surface area contributed by atoms with Crippen molar-refractivity contribution in [2.75, 3.05) is 5.32 Å². The van der Waals surface area contributed by atoms with Gasteiger partial charge in [0.1, 0.15) is 4.99 Å². The Morgan fingerprint density at radius 2 is 1.67 bits per heavy atom. The molecule has 1 heterocycles. The first-order chi connectivity index (χ1) is 8.66. The second-order valence-electron chi connectivity index (χ2n) is 3.63. The number of amides is 1. The van der Waals surface area contributed by atoms with Crippen LogP contribution in [0.25, 0.3) is 0 Å². The van der Waals surface area contributed by atoms with Crippen molar-refractivity contribution in [3.8, 4) is 0 Å². The van der Waals surface area contributed by atoms with Gasteiger partial charge in [0.2, 0.25) is 0 Å². The minimum atomic E-state index is -0.180. The van der Waals surface area contributed by atoms with Crippen molar-refractivity contribution in [2.45, 2.75) is 0 Å². The molecule has 0 saturated heterocycles. The molecule has 1 aromatic carbocycles. The van der Waals surface area contributed by atoms with Crippen LogP contribution in [0.3, 0.4) is 0 Å². The molecule has 2 rings (SSSR count). The molecule has 0 fully saturated rings. The van der Waals surface area contributed by atoms with E-state index in [0.717, 1.165) is 5.56 Å². The van der Waals surface area contributed by atoms with Crippen LogP contribution >= 0.6 is 12.2 Å². The number of carbonyl (C=O) groups excluding carboxylic acids is 1. The zero-order chi connectivity index (χ0) is 13.0. The Labute approximate surface area is 110 Å². The van der Waals surface area contributed by atoms with Gasteiger partial charge in [-0.1, -0.05) is 12.2 Å². The van der Waals surface area contributed by atoms with E-state index in [1.807, 2.05) is 0 Å². The molecule has 0 bridgehead atoms. The van der Waals surface area contributed by atoms with Crippen molar-refractivity contribution in [2.24, 2.45) is 5.73 Å². The van der Waals surface area contributed by atoms with E-state index in [4.69, 9.17) is 18.0 Å². The average molecular weight is 257 g/mol. The Morgan fingerprint density at radius 3 is 2.22 bits per heavy atom. The van der Waals surface area contributed by atoms with E-state index in [1.165, 1.54) is 0 Å². The lowest BCUT2D eigenvalue weighted by Crippen LogP contribution is -2.12. The Hall–Kier alpha value is -2.27. The number of nitrogens with zero attached hydrogens (tertiary/aromatic N) is 1. The first-order valence-electron chi connectivity index (χ1n) is 5.28. The molecule has 1 amide bonds. The van der Waals surface area contributed by atoms with Crippen molar-refractivity contribution in [3.63, 3.8) is 0 Å². The summed E-state index contributed by atoms with van der Waals surface area (Å²) in [5.41, 5.74) is 7.51. The largest absolute Gasteiger partial charge is 0.389 e. The molecular weight excluding hydrogens is 246 g/mol. The van der Waals surface area contributed by atoms with Gasteiger partial charge in [0.15, 0.2) is 0 Å². The van der Waals surface area contributed by atoms with Crippen LogP contribution in [-0.2, 0) is 0 Å². The molecule has 2 aromatic rings. The predicted molar refractivity (Wildman–Crippen MR) is 74.5 cm³/mol. The second-order valence-corrected chi connectivity index (χ2v) is 4.07. The fraction of sp³-hybridized carbons (Fsp3) is 0. The number of carbonyl (C=O) groups is 1. The molecule has 0 aliphatic rings. The number of anilines is 1. The molecule has 0 atom stereocenters. The number of rotatable bonds is 3. The fourth-order valence-electron chi connectivity index (χ4n) is 1.42. The average Bonchev–Trinajstić information content (AvgIpc) is 2.40. The van der Waals surface area contributed by atoms with E-state index in [9.17, 15) is 4.79 Å².